The molecular formula is C20H24N2O. The second-order valence-electron chi connectivity index (χ2n) is 6.36. The van der Waals surface area contributed by atoms with Crippen LogP contribution in [0, 0.1) is 6.92 Å². The SMILES string of the molecule is Cc1ccc(C(=O)N(CCc2ccccc2)C2CCCC2)cn1. The lowest BCUT2D eigenvalue weighted by Gasteiger charge is -2.29. The van der Waals surface area contributed by atoms with Gasteiger partial charge in [-0.05, 0) is 43.9 Å². The van der Waals surface area contributed by atoms with Crippen LogP contribution in [0.15, 0.2) is 48.7 Å². The number of rotatable bonds is 5. The van der Waals surface area contributed by atoms with Crippen molar-refractivity contribution in [2.75, 3.05) is 6.54 Å². The summed E-state index contributed by atoms with van der Waals surface area (Å²) >= 11 is 0. The first-order chi connectivity index (χ1) is 11.2. The summed E-state index contributed by atoms with van der Waals surface area (Å²) in [7, 11) is 0. The topological polar surface area (TPSA) is 33.2 Å². The maximum absolute atomic E-state index is 13.0. The monoisotopic (exact) mass is 308 g/mol. The lowest BCUT2D eigenvalue weighted by molar-refractivity contribution is 0.0683. The summed E-state index contributed by atoms with van der Waals surface area (Å²) in [5.74, 6) is 0.125. The molecule has 0 spiro atoms. The molecule has 0 radical (unpaired) electrons. The molecule has 0 N–H and O–H groups in total. The largest absolute Gasteiger partial charge is 0.335 e. The molecule has 1 saturated carbocycles. The minimum Gasteiger partial charge on any atom is -0.335 e. The Labute approximate surface area is 138 Å². The normalized spacial score (nSPS) is 14.8. The van der Waals surface area contributed by atoms with Crippen LogP contribution in [-0.2, 0) is 6.42 Å². The van der Waals surface area contributed by atoms with E-state index in [0.29, 0.717) is 11.6 Å². The Morgan fingerprint density at radius 1 is 1.13 bits per heavy atom. The summed E-state index contributed by atoms with van der Waals surface area (Å²) in [5.41, 5.74) is 2.93. The van der Waals surface area contributed by atoms with Crippen molar-refractivity contribution in [2.24, 2.45) is 0 Å². The van der Waals surface area contributed by atoms with Gasteiger partial charge in [-0.3, -0.25) is 9.78 Å². The van der Waals surface area contributed by atoms with Crippen molar-refractivity contribution >= 4 is 5.91 Å². The van der Waals surface area contributed by atoms with Crippen molar-refractivity contribution in [3.05, 3.63) is 65.5 Å². The molecule has 1 fully saturated rings. The molecule has 1 aromatic carbocycles. The fourth-order valence-corrected chi connectivity index (χ4v) is 3.32. The van der Waals surface area contributed by atoms with E-state index in [9.17, 15) is 4.79 Å². The Balaban J connectivity index is 1.74. The summed E-state index contributed by atoms with van der Waals surface area (Å²) < 4.78 is 0. The van der Waals surface area contributed by atoms with Crippen LogP contribution in [-0.4, -0.2) is 28.4 Å². The molecule has 0 bridgehead atoms. The van der Waals surface area contributed by atoms with Crippen molar-refractivity contribution in [1.29, 1.82) is 0 Å². The van der Waals surface area contributed by atoms with Gasteiger partial charge in [-0.15, -0.1) is 0 Å². The van der Waals surface area contributed by atoms with Crippen molar-refractivity contribution in [3.63, 3.8) is 0 Å². The van der Waals surface area contributed by atoms with E-state index in [1.807, 2.05) is 25.1 Å². The molecule has 0 aliphatic heterocycles. The Morgan fingerprint density at radius 3 is 2.52 bits per heavy atom. The number of amides is 1. The van der Waals surface area contributed by atoms with Gasteiger partial charge in [0.05, 0.1) is 5.56 Å². The van der Waals surface area contributed by atoms with E-state index in [1.165, 1.54) is 18.4 Å². The highest BCUT2D eigenvalue weighted by molar-refractivity contribution is 5.94. The first kappa shape index (κ1) is 15.7. The maximum Gasteiger partial charge on any atom is 0.255 e. The Hall–Kier alpha value is -2.16. The van der Waals surface area contributed by atoms with Crippen LogP contribution < -0.4 is 0 Å². The summed E-state index contributed by atoms with van der Waals surface area (Å²) in [6.07, 6.45) is 7.32. The summed E-state index contributed by atoms with van der Waals surface area (Å²) in [6.45, 7) is 2.72. The lowest BCUT2D eigenvalue weighted by Crippen LogP contribution is -2.40. The number of hydrogen-bond donors (Lipinski definition) is 0. The summed E-state index contributed by atoms with van der Waals surface area (Å²) in [6, 6.07) is 14.6. The highest BCUT2D eigenvalue weighted by Crippen LogP contribution is 2.25. The number of aromatic nitrogens is 1. The molecule has 1 aliphatic rings. The van der Waals surface area contributed by atoms with E-state index in [-0.39, 0.29) is 5.91 Å². The standard InChI is InChI=1S/C20H24N2O/c1-16-11-12-18(15-21-16)20(23)22(19-9-5-6-10-19)14-13-17-7-3-2-4-8-17/h2-4,7-8,11-12,15,19H,5-6,9-10,13-14H2,1H3. The second kappa shape index (κ2) is 7.40. The molecule has 23 heavy (non-hydrogen) atoms. The van der Waals surface area contributed by atoms with Gasteiger partial charge in [0.15, 0.2) is 0 Å². The Bertz CT molecular complexity index is 630. The molecule has 2 aromatic rings. The zero-order valence-corrected chi connectivity index (χ0v) is 13.7. The molecular weight excluding hydrogens is 284 g/mol. The third kappa shape index (κ3) is 3.98. The molecule has 0 saturated heterocycles. The van der Waals surface area contributed by atoms with Gasteiger partial charge in [0, 0.05) is 24.5 Å². The number of carbonyl (C=O) groups is 1. The Morgan fingerprint density at radius 2 is 1.87 bits per heavy atom. The van der Waals surface area contributed by atoms with Crippen LogP contribution >= 0.6 is 0 Å². The Kier molecular flexibility index (Phi) is 5.06. The minimum atomic E-state index is 0.125. The molecule has 0 unspecified atom stereocenters. The molecule has 1 amide bonds. The van der Waals surface area contributed by atoms with Gasteiger partial charge in [-0.25, -0.2) is 0 Å². The predicted molar refractivity (Wildman–Crippen MR) is 92.4 cm³/mol. The van der Waals surface area contributed by atoms with Crippen LogP contribution in [0.3, 0.4) is 0 Å². The molecule has 1 heterocycles. The van der Waals surface area contributed by atoms with E-state index < -0.39 is 0 Å². The highest BCUT2D eigenvalue weighted by Gasteiger charge is 2.27. The molecule has 120 valence electrons. The summed E-state index contributed by atoms with van der Waals surface area (Å²) in [4.78, 5) is 19.3. The van der Waals surface area contributed by atoms with Gasteiger partial charge in [-0.2, -0.15) is 0 Å². The predicted octanol–water partition coefficient (Wildman–Crippen LogP) is 4.02. The van der Waals surface area contributed by atoms with E-state index >= 15 is 0 Å². The van der Waals surface area contributed by atoms with Crippen LogP contribution in [0.1, 0.15) is 47.3 Å². The number of aryl methyl sites for hydroxylation is 1. The van der Waals surface area contributed by atoms with Gasteiger partial charge in [0.1, 0.15) is 0 Å². The van der Waals surface area contributed by atoms with Crippen molar-refractivity contribution in [3.8, 4) is 0 Å². The average molecular weight is 308 g/mol. The first-order valence-corrected chi connectivity index (χ1v) is 8.51. The number of pyridine rings is 1. The van der Waals surface area contributed by atoms with Crippen molar-refractivity contribution in [1.82, 2.24) is 9.88 Å². The quantitative estimate of drug-likeness (QED) is 0.836. The van der Waals surface area contributed by atoms with Crippen molar-refractivity contribution in [2.45, 2.75) is 45.1 Å². The van der Waals surface area contributed by atoms with Crippen LogP contribution in [0.5, 0.6) is 0 Å². The van der Waals surface area contributed by atoms with E-state index in [4.69, 9.17) is 0 Å². The number of benzene rings is 1. The molecule has 3 rings (SSSR count). The highest BCUT2D eigenvalue weighted by atomic mass is 16.2. The zero-order chi connectivity index (χ0) is 16.1. The lowest BCUT2D eigenvalue weighted by atomic mass is 10.1. The second-order valence-corrected chi connectivity index (χ2v) is 6.36. The van der Waals surface area contributed by atoms with Gasteiger partial charge in [0.25, 0.3) is 5.91 Å². The number of carbonyl (C=O) groups excluding carboxylic acids is 1. The molecule has 1 aromatic heterocycles. The fraction of sp³-hybridized carbons (Fsp3) is 0.400. The fourth-order valence-electron chi connectivity index (χ4n) is 3.32. The van der Waals surface area contributed by atoms with Crippen LogP contribution in [0.25, 0.3) is 0 Å². The number of nitrogens with zero attached hydrogens (tertiary/aromatic N) is 2. The third-order valence-electron chi connectivity index (χ3n) is 4.67. The molecule has 3 heteroatoms. The van der Waals surface area contributed by atoms with Gasteiger partial charge in [-0.1, -0.05) is 43.2 Å². The molecule has 0 atom stereocenters. The van der Waals surface area contributed by atoms with Gasteiger partial charge < -0.3 is 4.90 Å². The van der Waals surface area contributed by atoms with Crippen molar-refractivity contribution < 1.29 is 4.79 Å². The van der Waals surface area contributed by atoms with Gasteiger partial charge >= 0.3 is 0 Å². The molecule has 3 nitrogen and oxygen atoms in total. The van der Waals surface area contributed by atoms with E-state index in [2.05, 4.69) is 34.1 Å². The van der Waals surface area contributed by atoms with E-state index in [0.717, 1.165) is 31.5 Å². The van der Waals surface area contributed by atoms with Gasteiger partial charge in [0.2, 0.25) is 0 Å². The molecule has 1 aliphatic carbocycles. The zero-order valence-electron chi connectivity index (χ0n) is 13.7. The van der Waals surface area contributed by atoms with Crippen LogP contribution in [0.4, 0.5) is 0 Å². The first-order valence-electron chi connectivity index (χ1n) is 8.51. The van der Waals surface area contributed by atoms with E-state index in [1.54, 1.807) is 6.20 Å². The average Bonchev–Trinajstić information content (AvgIpc) is 3.11. The summed E-state index contributed by atoms with van der Waals surface area (Å²) in [5, 5.41) is 0. The minimum absolute atomic E-state index is 0.125. The number of hydrogen-bond acceptors (Lipinski definition) is 2. The maximum atomic E-state index is 13.0. The van der Waals surface area contributed by atoms with Crippen LogP contribution in [0.2, 0.25) is 0 Å². The third-order valence-corrected chi connectivity index (χ3v) is 4.67. The smallest absolute Gasteiger partial charge is 0.255 e.